The van der Waals surface area contributed by atoms with E-state index in [1.165, 1.54) is 13.2 Å². The summed E-state index contributed by atoms with van der Waals surface area (Å²) in [6.45, 7) is 1.88. The van der Waals surface area contributed by atoms with Crippen LogP contribution in [0, 0.1) is 11.6 Å². The third-order valence-corrected chi connectivity index (χ3v) is 3.76. The van der Waals surface area contributed by atoms with Crippen LogP contribution in [0.15, 0.2) is 18.2 Å². The van der Waals surface area contributed by atoms with E-state index in [9.17, 15) is 13.6 Å². The Kier molecular flexibility index (Phi) is 5.68. The van der Waals surface area contributed by atoms with Crippen molar-refractivity contribution in [2.45, 2.75) is 18.4 Å². The van der Waals surface area contributed by atoms with Crippen LogP contribution < -0.4 is 15.4 Å². The van der Waals surface area contributed by atoms with Gasteiger partial charge < -0.3 is 20.1 Å². The van der Waals surface area contributed by atoms with Crippen LogP contribution in [0.4, 0.5) is 8.78 Å². The van der Waals surface area contributed by atoms with Crippen LogP contribution >= 0.6 is 0 Å². The molecule has 1 heterocycles. The molecule has 7 heteroatoms. The van der Waals surface area contributed by atoms with E-state index in [2.05, 4.69) is 10.6 Å². The average Bonchev–Trinajstić information content (AvgIpc) is 2.55. The average molecular weight is 314 g/mol. The molecule has 0 spiro atoms. The molecule has 1 aliphatic heterocycles. The molecular weight excluding hydrogens is 294 g/mol. The van der Waals surface area contributed by atoms with Crippen LogP contribution in [0.1, 0.15) is 12.8 Å². The Labute approximate surface area is 128 Å². The SMILES string of the molecule is COC1(C(=O)NCCOc2ccc(F)c(F)c2)CCNCC1. The predicted octanol–water partition coefficient (Wildman–Crippen LogP) is 1.23. The highest BCUT2D eigenvalue weighted by atomic mass is 19.2. The lowest BCUT2D eigenvalue weighted by Crippen LogP contribution is -2.54. The molecule has 1 aromatic carbocycles. The van der Waals surface area contributed by atoms with E-state index < -0.39 is 17.2 Å². The molecule has 1 aromatic rings. The van der Waals surface area contributed by atoms with Crippen molar-refractivity contribution in [3.05, 3.63) is 29.8 Å². The first-order chi connectivity index (χ1) is 10.6. The van der Waals surface area contributed by atoms with Crippen molar-refractivity contribution in [3.8, 4) is 5.75 Å². The maximum absolute atomic E-state index is 13.0. The van der Waals surface area contributed by atoms with Crippen molar-refractivity contribution in [3.63, 3.8) is 0 Å². The Hall–Kier alpha value is -1.73. The first-order valence-corrected chi connectivity index (χ1v) is 7.19. The van der Waals surface area contributed by atoms with Gasteiger partial charge in [-0.05, 0) is 38.1 Å². The molecule has 1 fully saturated rings. The molecule has 22 heavy (non-hydrogen) atoms. The lowest BCUT2D eigenvalue weighted by Gasteiger charge is -2.34. The number of rotatable bonds is 6. The summed E-state index contributed by atoms with van der Waals surface area (Å²) >= 11 is 0. The molecule has 0 radical (unpaired) electrons. The van der Waals surface area contributed by atoms with Gasteiger partial charge in [0.1, 0.15) is 18.0 Å². The number of halogens is 2. The minimum atomic E-state index is -0.963. The molecule has 5 nitrogen and oxygen atoms in total. The van der Waals surface area contributed by atoms with Crippen molar-refractivity contribution in [2.75, 3.05) is 33.4 Å². The molecule has 122 valence electrons. The molecule has 1 amide bonds. The van der Waals surface area contributed by atoms with Gasteiger partial charge >= 0.3 is 0 Å². The Morgan fingerprint density at radius 3 is 2.68 bits per heavy atom. The maximum Gasteiger partial charge on any atom is 0.252 e. The Bertz CT molecular complexity index is 520. The number of benzene rings is 1. The summed E-state index contributed by atoms with van der Waals surface area (Å²) in [5, 5.41) is 5.93. The normalized spacial score (nSPS) is 17.0. The molecule has 0 bridgehead atoms. The molecule has 1 saturated heterocycles. The summed E-state index contributed by atoms with van der Waals surface area (Å²) < 4.78 is 36.5. The number of carbonyl (C=O) groups excluding carboxylic acids is 1. The van der Waals surface area contributed by atoms with Crippen molar-refractivity contribution in [1.82, 2.24) is 10.6 Å². The lowest BCUT2D eigenvalue weighted by molar-refractivity contribution is -0.146. The second kappa shape index (κ2) is 7.51. The minimum absolute atomic E-state index is 0.162. The largest absolute Gasteiger partial charge is 0.492 e. The Morgan fingerprint density at radius 1 is 1.32 bits per heavy atom. The monoisotopic (exact) mass is 314 g/mol. The molecule has 1 aliphatic rings. The number of carbonyl (C=O) groups is 1. The van der Waals surface area contributed by atoms with Crippen LogP contribution in [-0.4, -0.2) is 44.9 Å². The van der Waals surface area contributed by atoms with Crippen molar-refractivity contribution in [1.29, 1.82) is 0 Å². The highest BCUT2D eigenvalue weighted by molar-refractivity contribution is 5.85. The highest BCUT2D eigenvalue weighted by Gasteiger charge is 2.39. The van der Waals surface area contributed by atoms with Crippen molar-refractivity contribution in [2.24, 2.45) is 0 Å². The molecule has 0 aliphatic carbocycles. The summed E-state index contributed by atoms with van der Waals surface area (Å²) in [5.74, 6) is -1.84. The van der Waals surface area contributed by atoms with Crippen molar-refractivity contribution >= 4 is 5.91 Å². The van der Waals surface area contributed by atoms with Crippen LogP contribution in [0.25, 0.3) is 0 Å². The Morgan fingerprint density at radius 2 is 2.05 bits per heavy atom. The van der Waals surface area contributed by atoms with E-state index in [1.807, 2.05) is 0 Å². The van der Waals surface area contributed by atoms with Crippen molar-refractivity contribution < 1.29 is 23.0 Å². The molecule has 2 rings (SSSR count). The zero-order chi connectivity index (χ0) is 16.0. The number of ether oxygens (including phenoxy) is 2. The second-order valence-corrected chi connectivity index (χ2v) is 5.13. The fourth-order valence-electron chi connectivity index (χ4n) is 2.42. The number of methoxy groups -OCH3 is 1. The molecule has 2 N–H and O–H groups in total. The van der Waals surface area contributed by atoms with Crippen LogP contribution in [-0.2, 0) is 9.53 Å². The van der Waals surface area contributed by atoms with E-state index in [0.29, 0.717) is 12.8 Å². The predicted molar refractivity (Wildman–Crippen MR) is 76.7 cm³/mol. The second-order valence-electron chi connectivity index (χ2n) is 5.13. The van der Waals surface area contributed by atoms with Gasteiger partial charge in [0.2, 0.25) is 0 Å². The van der Waals surface area contributed by atoms with Crippen LogP contribution in [0.5, 0.6) is 5.75 Å². The zero-order valence-corrected chi connectivity index (χ0v) is 12.5. The van der Waals surface area contributed by atoms with Gasteiger partial charge in [-0.15, -0.1) is 0 Å². The lowest BCUT2D eigenvalue weighted by atomic mass is 9.91. The van der Waals surface area contributed by atoms with Gasteiger partial charge in [0, 0.05) is 13.2 Å². The number of hydrogen-bond acceptors (Lipinski definition) is 4. The number of nitrogens with one attached hydrogen (secondary N) is 2. The summed E-state index contributed by atoms with van der Waals surface area (Å²) in [5.41, 5.74) is -0.798. The number of piperidine rings is 1. The van der Waals surface area contributed by atoms with Gasteiger partial charge in [-0.2, -0.15) is 0 Å². The maximum atomic E-state index is 13.0. The van der Waals surface area contributed by atoms with E-state index in [4.69, 9.17) is 9.47 Å². The van der Waals surface area contributed by atoms with Gasteiger partial charge in [0.15, 0.2) is 11.6 Å². The first-order valence-electron chi connectivity index (χ1n) is 7.19. The topological polar surface area (TPSA) is 59.6 Å². The molecule has 0 aromatic heterocycles. The Balaban J connectivity index is 1.77. The first kappa shape index (κ1) is 16.6. The number of hydrogen-bond donors (Lipinski definition) is 2. The summed E-state index contributed by atoms with van der Waals surface area (Å²) in [6.07, 6.45) is 1.22. The molecule has 0 saturated carbocycles. The van der Waals surface area contributed by atoms with Crippen LogP contribution in [0.2, 0.25) is 0 Å². The summed E-state index contributed by atoms with van der Waals surface area (Å²) in [7, 11) is 1.53. The van der Waals surface area contributed by atoms with E-state index in [-0.39, 0.29) is 24.8 Å². The standard InChI is InChI=1S/C15H20F2N2O3/c1-21-15(4-6-18-7-5-15)14(20)19-8-9-22-11-2-3-12(16)13(17)10-11/h2-3,10,18H,4-9H2,1H3,(H,19,20). The zero-order valence-electron chi connectivity index (χ0n) is 12.5. The van der Waals surface area contributed by atoms with Gasteiger partial charge in [0.05, 0.1) is 6.54 Å². The van der Waals surface area contributed by atoms with Gasteiger partial charge in [-0.25, -0.2) is 8.78 Å². The van der Waals surface area contributed by atoms with Gasteiger partial charge in [0.25, 0.3) is 5.91 Å². The molecular formula is C15H20F2N2O3. The van der Waals surface area contributed by atoms with E-state index in [0.717, 1.165) is 25.2 Å². The summed E-state index contributed by atoms with van der Waals surface area (Å²) in [6, 6.07) is 3.31. The quantitative estimate of drug-likeness (QED) is 0.776. The highest BCUT2D eigenvalue weighted by Crippen LogP contribution is 2.22. The fraction of sp³-hybridized carbons (Fsp3) is 0.533. The third kappa shape index (κ3) is 3.92. The minimum Gasteiger partial charge on any atom is -0.492 e. The van der Waals surface area contributed by atoms with Gasteiger partial charge in [-0.3, -0.25) is 4.79 Å². The third-order valence-electron chi connectivity index (χ3n) is 3.76. The smallest absolute Gasteiger partial charge is 0.252 e. The van der Waals surface area contributed by atoms with Gasteiger partial charge in [-0.1, -0.05) is 0 Å². The fourth-order valence-corrected chi connectivity index (χ4v) is 2.42. The molecule has 0 unspecified atom stereocenters. The van der Waals surface area contributed by atoms with E-state index >= 15 is 0 Å². The number of amides is 1. The summed E-state index contributed by atoms with van der Waals surface area (Å²) in [4.78, 5) is 12.2. The van der Waals surface area contributed by atoms with E-state index in [1.54, 1.807) is 0 Å². The molecule has 0 atom stereocenters. The van der Waals surface area contributed by atoms with Crippen LogP contribution in [0.3, 0.4) is 0 Å².